The predicted molar refractivity (Wildman–Crippen MR) is 166 cm³/mol. The molecule has 5 saturated heterocycles. The second-order valence-electron chi connectivity index (χ2n) is 13.5. The van der Waals surface area contributed by atoms with E-state index < -0.39 is 23.3 Å². The first-order valence-electron chi connectivity index (χ1n) is 16.3. The molecule has 8 heterocycles. The largest absolute Gasteiger partial charge is 0.461 e. The molecule has 2 unspecified atom stereocenters. The monoisotopic (exact) mass is 646 g/mol. The molecular weight excluding hydrogens is 613 g/mol. The molecule has 5 aliphatic heterocycles. The van der Waals surface area contributed by atoms with Gasteiger partial charge in [-0.3, -0.25) is 4.90 Å². The number of anilines is 2. The molecule has 11 nitrogen and oxygen atoms in total. The fourth-order valence-electron chi connectivity index (χ4n) is 8.55. The van der Waals surface area contributed by atoms with Crippen LogP contribution in [0.2, 0.25) is 0 Å². The van der Waals surface area contributed by atoms with E-state index in [0.29, 0.717) is 48.7 Å². The van der Waals surface area contributed by atoms with Crippen molar-refractivity contribution >= 4 is 33.7 Å². The highest BCUT2D eigenvalue weighted by Gasteiger charge is 2.49. The van der Waals surface area contributed by atoms with Crippen molar-refractivity contribution in [2.75, 3.05) is 56.6 Å². The van der Waals surface area contributed by atoms with Crippen LogP contribution in [-0.2, 0) is 4.74 Å². The Kier molecular flexibility index (Phi) is 6.58. The molecule has 3 N–H and O–H groups in total. The topological polar surface area (TPSA) is 139 Å². The Morgan fingerprint density at radius 1 is 1.15 bits per heavy atom. The number of hydrogen-bond donors (Lipinski definition) is 2. The Balaban J connectivity index is 1.25. The molecule has 3 aromatic heterocycles. The second kappa shape index (κ2) is 10.7. The maximum Gasteiger partial charge on any atom is 0.319 e. The van der Waals surface area contributed by atoms with Gasteiger partial charge in [-0.15, -0.1) is 0 Å². The molecule has 2 bridgehead atoms. The van der Waals surface area contributed by atoms with E-state index in [1.54, 1.807) is 6.07 Å². The normalized spacial score (nSPS) is 27.4. The lowest BCUT2D eigenvalue weighted by Crippen LogP contribution is -2.52. The molecule has 5 fully saturated rings. The first-order valence-corrected chi connectivity index (χ1v) is 16.3. The van der Waals surface area contributed by atoms with Crippen molar-refractivity contribution in [2.24, 2.45) is 0 Å². The summed E-state index contributed by atoms with van der Waals surface area (Å²) in [4.78, 5) is 19.3. The van der Waals surface area contributed by atoms with Gasteiger partial charge in [-0.25, -0.2) is 18.2 Å². The third-order valence-electron chi connectivity index (χ3n) is 10.8. The zero-order valence-electron chi connectivity index (χ0n) is 25.6. The average molecular weight is 647 g/mol. The van der Waals surface area contributed by atoms with Crippen molar-refractivity contribution in [3.05, 3.63) is 35.0 Å². The number of halogens is 3. The van der Waals surface area contributed by atoms with Crippen molar-refractivity contribution in [1.29, 1.82) is 5.26 Å². The number of piperazine rings is 1. The number of nitrogen functional groups attached to an aromatic ring is 1. The first kappa shape index (κ1) is 29.0. The van der Waals surface area contributed by atoms with Gasteiger partial charge in [0.2, 0.25) is 5.88 Å². The summed E-state index contributed by atoms with van der Waals surface area (Å²) in [6.45, 7) is 3.74. The molecule has 4 atom stereocenters. The van der Waals surface area contributed by atoms with Crippen molar-refractivity contribution in [1.82, 2.24) is 25.2 Å². The summed E-state index contributed by atoms with van der Waals surface area (Å²) in [5.41, 5.74) is 6.92. The lowest BCUT2D eigenvalue weighted by molar-refractivity contribution is 0.00707. The second-order valence-corrected chi connectivity index (χ2v) is 13.5. The number of nitriles is 1. The number of furan rings is 1. The van der Waals surface area contributed by atoms with Gasteiger partial charge in [0.05, 0.1) is 35.3 Å². The van der Waals surface area contributed by atoms with E-state index in [2.05, 4.69) is 15.1 Å². The SMILES string of the molecule is N#Cc1c(N)oc2cc(F)c(F)c(-c3cc4nc(OC[C@@]56CCCN5C[C@H](F)C6)nc(N5C6CCC5CNC6)c4nc3C3COC3)c12. The first-order chi connectivity index (χ1) is 22.8. The Hall–Kier alpha value is -4.19. The number of benzene rings is 1. The summed E-state index contributed by atoms with van der Waals surface area (Å²) in [7, 11) is 0. The number of nitrogens with zero attached hydrogens (tertiary/aromatic N) is 6. The molecule has 244 valence electrons. The Morgan fingerprint density at radius 2 is 1.96 bits per heavy atom. The summed E-state index contributed by atoms with van der Waals surface area (Å²) in [6, 6.07) is 5.06. The van der Waals surface area contributed by atoms with Crippen LogP contribution in [0.4, 0.5) is 24.9 Å². The van der Waals surface area contributed by atoms with E-state index in [-0.39, 0.29) is 64.2 Å². The molecule has 47 heavy (non-hydrogen) atoms. The van der Waals surface area contributed by atoms with Gasteiger partial charge >= 0.3 is 6.01 Å². The lowest BCUT2D eigenvalue weighted by Gasteiger charge is -2.37. The molecule has 0 spiro atoms. The molecule has 0 aliphatic carbocycles. The number of aromatic nitrogens is 3. The third kappa shape index (κ3) is 4.39. The molecule has 0 amide bonds. The maximum absolute atomic E-state index is 16.0. The van der Waals surface area contributed by atoms with Gasteiger partial charge in [0.1, 0.15) is 35.5 Å². The van der Waals surface area contributed by atoms with Crippen LogP contribution in [0.5, 0.6) is 6.01 Å². The van der Waals surface area contributed by atoms with Crippen LogP contribution >= 0.6 is 0 Å². The maximum atomic E-state index is 16.0. The molecule has 4 aromatic rings. The van der Waals surface area contributed by atoms with Crippen LogP contribution in [-0.4, -0.2) is 89.6 Å². The van der Waals surface area contributed by atoms with Crippen LogP contribution in [0.15, 0.2) is 16.5 Å². The number of rotatable bonds is 6. The van der Waals surface area contributed by atoms with E-state index in [1.165, 1.54) is 0 Å². The molecule has 1 aromatic carbocycles. The molecule has 9 rings (SSSR count). The molecular formula is C33H33F3N8O3. The molecule has 5 aliphatic rings. The third-order valence-corrected chi connectivity index (χ3v) is 10.8. The molecule has 14 heteroatoms. The number of ether oxygens (including phenoxy) is 2. The van der Waals surface area contributed by atoms with Crippen LogP contribution in [0, 0.1) is 23.0 Å². The quantitative estimate of drug-likeness (QED) is 0.312. The van der Waals surface area contributed by atoms with Gasteiger partial charge in [0.15, 0.2) is 17.5 Å². The Bertz CT molecular complexity index is 1960. The molecule has 0 radical (unpaired) electrons. The number of pyridine rings is 1. The predicted octanol–water partition coefficient (Wildman–Crippen LogP) is 4.18. The van der Waals surface area contributed by atoms with Crippen molar-refractivity contribution in [2.45, 2.75) is 61.8 Å². The van der Waals surface area contributed by atoms with E-state index in [1.807, 2.05) is 6.07 Å². The summed E-state index contributed by atoms with van der Waals surface area (Å²) in [5.74, 6) is -2.11. The minimum atomic E-state index is -1.15. The van der Waals surface area contributed by atoms with E-state index in [0.717, 1.165) is 51.4 Å². The van der Waals surface area contributed by atoms with Crippen LogP contribution in [0.3, 0.4) is 0 Å². The minimum Gasteiger partial charge on any atom is -0.461 e. The van der Waals surface area contributed by atoms with Crippen LogP contribution in [0.1, 0.15) is 49.3 Å². The van der Waals surface area contributed by atoms with Crippen molar-refractivity contribution in [3.63, 3.8) is 0 Å². The van der Waals surface area contributed by atoms with Crippen LogP contribution < -0.4 is 20.7 Å². The van der Waals surface area contributed by atoms with Gasteiger partial charge in [0.25, 0.3) is 0 Å². The highest BCUT2D eigenvalue weighted by Crippen LogP contribution is 2.45. The van der Waals surface area contributed by atoms with E-state index in [4.69, 9.17) is 34.6 Å². The van der Waals surface area contributed by atoms with E-state index >= 15 is 8.78 Å². The summed E-state index contributed by atoms with van der Waals surface area (Å²) in [6.07, 6.45) is 3.28. The summed E-state index contributed by atoms with van der Waals surface area (Å²) < 4.78 is 63.0. The number of nitrogens with two attached hydrogens (primary N) is 1. The number of nitrogens with one attached hydrogen (secondary N) is 1. The van der Waals surface area contributed by atoms with Crippen molar-refractivity contribution < 1.29 is 27.1 Å². The zero-order chi connectivity index (χ0) is 32.0. The Morgan fingerprint density at radius 3 is 2.70 bits per heavy atom. The number of hydrogen-bond acceptors (Lipinski definition) is 11. The van der Waals surface area contributed by atoms with Gasteiger partial charge in [-0.1, -0.05) is 0 Å². The Labute approximate surface area is 267 Å². The minimum absolute atomic E-state index is 0.0447. The number of alkyl halides is 1. The van der Waals surface area contributed by atoms with Gasteiger partial charge in [-0.05, 0) is 38.3 Å². The fraction of sp³-hybridized carbons (Fsp3) is 0.515. The van der Waals surface area contributed by atoms with Crippen molar-refractivity contribution in [3.8, 4) is 23.2 Å². The highest BCUT2D eigenvalue weighted by molar-refractivity contribution is 6.03. The standard InChI is InChI=1S/C33H33F3N8O3/c34-17-8-33(4-1-5-43(33)12-17)15-46-32-40-23-6-20(26-25-21(9-37)30(38)47-24(25)7-22(35)27(26)36)28(16-13-45-14-16)41-29(23)31(42-32)44-18-2-3-19(44)11-39-10-18/h6-7,16-19,39H,1-5,8,10-15,38H2/t17-,18?,19?,33+/m1/s1. The summed E-state index contributed by atoms with van der Waals surface area (Å²) >= 11 is 0. The average Bonchev–Trinajstić information content (AvgIpc) is 3.72. The van der Waals surface area contributed by atoms with E-state index in [9.17, 15) is 9.65 Å². The lowest BCUT2D eigenvalue weighted by atomic mass is 9.90. The van der Waals surface area contributed by atoms with Gasteiger partial charge in [-0.2, -0.15) is 15.2 Å². The summed E-state index contributed by atoms with van der Waals surface area (Å²) in [5, 5.41) is 13.5. The highest BCUT2D eigenvalue weighted by atomic mass is 19.2. The number of fused-ring (bicyclic) bond motifs is 5. The van der Waals surface area contributed by atoms with Crippen LogP contribution in [0.25, 0.3) is 33.1 Å². The smallest absolute Gasteiger partial charge is 0.319 e. The molecule has 0 saturated carbocycles. The fourth-order valence-corrected chi connectivity index (χ4v) is 8.55. The zero-order valence-corrected chi connectivity index (χ0v) is 25.6. The van der Waals surface area contributed by atoms with Gasteiger partial charge < -0.3 is 29.8 Å². The van der Waals surface area contributed by atoms with Gasteiger partial charge in [0, 0.05) is 61.2 Å².